The molecule has 4 heteroatoms. The molecule has 1 aliphatic carbocycles. The summed E-state index contributed by atoms with van der Waals surface area (Å²) >= 11 is 0. The summed E-state index contributed by atoms with van der Waals surface area (Å²) in [7, 11) is 0. The van der Waals surface area contributed by atoms with E-state index in [-0.39, 0.29) is 0 Å². The molecule has 4 nitrogen and oxygen atoms in total. The number of carboxylic acid groups (broad SMARTS) is 1. The first-order valence-electron chi connectivity index (χ1n) is 4.57. The fraction of sp³-hybridized carbons (Fsp3) is 0.500. The third kappa shape index (κ3) is 1.31. The number of hydrogen-bond donors (Lipinski definition) is 1. The van der Waals surface area contributed by atoms with Gasteiger partial charge in [-0.1, -0.05) is 0 Å². The van der Waals surface area contributed by atoms with Crippen LogP contribution >= 0.6 is 0 Å². The van der Waals surface area contributed by atoms with E-state index in [0.717, 1.165) is 12.8 Å². The van der Waals surface area contributed by atoms with Crippen molar-refractivity contribution in [2.75, 3.05) is 0 Å². The highest BCUT2D eigenvalue weighted by Gasteiger charge is 2.47. The molecule has 1 aliphatic heterocycles. The summed E-state index contributed by atoms with van der Waals surface area (Å²) in [5, 5.41) is 17.7. The average Bonchev–Trinajstić information content (AvgIpc) is 2.98. The van der Waals surface area contributed by atoms with Crippen LogP contribution in [0.25, 0.3) is 0 Å². The van der Waals surface area contributed by atoms with E-state index in [1.165, 1.54) is 0 Å². The number of carboxylic acids is 1. The highest BCUT2D eigenvalue weighted by Crippen LogP contribution is 2.52. The van der Waals surface area contributed by atoms with Gasteiger partial charge in [-0.3, -0.25) is 9.79 Å². The predicted octanol–water partition coefficient (Wildman–Crippen LogP) is 1.35. The maximum absolute atomic E-state index is 10.7. The van der Waals surface area contributed by atoms with Crippen LogP contribution in [0.2, 0.25) is 0 Å². The van der Waals surface area contributed by atoms with Gasteiger partial charge >= 0.3 is 5.97 Å². The van der Waals surface area contributed by atoms with Crippen molar-refractivity contribution in [1.82, 2.24) is 0 Å². The number of nitriles is 1. The van der Waals surface area contributed by atoms with E-state index in [0.29, 0.717) is 12.1 Å². The third-order valence-corrected chi connectivity index (χ3v) is 2.72. The molecular formula is C10H10N2O2. The summed E-state index contributed by atoms with van der Waals surface area (Å²) < 4.78 is 0. The first kappa shape index (κ1) is 8.95. The van der Waals surface area contributed by atoms with Crippen LogP contribution in [0.3, 0.4) is 0 Å². The summed E-state index contributed by atoms with van der Waals surface area (Å²) in [6.45, 7) is 0. The van der Waals surface area contributed by atoms with E-state index in [4.69, 9.17) is 10.4 Å². The van der Waals surface area contributed by atoms with Gasteiger partial charge in [0.2, 0.25) is 0 Å². The topological polar surface area (TPSA) is 73.5 Å². The number of allylic oxidation sites excluding steroid dienone is 1. The largest absolute Gasteiger partial charge is 0.481 e. The van der Waals surface area contributed by atoms with Gasteiger partial charge in [0.05, 0.1) is 23.1 Å². The molecule has 0 bridgehead atoms. The highest BCUT2D eigenvalue weighted by molar-refractivity contribution is 5.78. The van der Waals surface area contributed by atoms with Crippen LogP contribution in [0.4, 0.5) is 0 Å². The SMILES string of the molecule is N#CC1(C2=CC(C(=O)O)CC=N2)CC1. The quantitative estimate of drug-likeness (QED) is 0.714. The Morgan fingerprint density at radius 2 is 2.43 bits per heavy atom. The minimum absolute atomic E-state index is 0.431. The molecule has 0 saturated heterocycles. The zero-order valence-electron chi connectivity index (χ0n) is 7.60. The van der Waals surface area contributed by atoms with Gasteiger partial charge in [-0.15, -0.1) is 0 Å². The maximum atomic E-state index is 10.7. The number of hydrogen-bond acceptors (Lipinski definition) is 3. The van der Waals surface area contributed by atoms with Crippen molar-refractivity contribution in [3.8, 4) is 6.07 Å². The second-order valence-corrected chi connectivity index (χ2v) is 3.74. The van der Waals surface area contributed by atoms with Crippen molar-refractivity contribution in [1.29, 1.82) is 5.26 Å². The van der Waals surface area contributed by atoms with Crippen molar-refractivity contribution >= 4 is 12.2 Å². The Balaban J connectivity index is 2.24. The lowest BCUT2D eigenvalue weighted by Gasteiger charge is -2.14. The first-order valence-corrected chi connectivity index (χ1v) is 4.57. The van der Waals surface area contributed by atoms with Gasteiger partial charge in [0, 0.05) is 6.21 Å². The minimum atomic E-state index is -0.845. The van der Waals surface area contributed by atoms with E-state index < -0.39 is 17.3 Å². The molecule has 1 heterocycles. The van der Waals surface area contributed by atoms with Gasteiger partial charge in [-0.2, -0.15) is 5.26 Å². The molecule has 1 unspecified atom stereocenters. The lowest BCUT2D eigenvalue weighted by molar-refractivity contribution is -0.139. The van der Waals surface area contributed by atoms with Crippen molar-refractivity contribution in [2.24, 2.45) is 16.3 Å². The number of nitrogens with zero attached hydrogens (tertiary/aromatic N) is 2. The molecule has 72 valence electrons. The number of rotatable bonds is 2. The van der Waals surface area contributed by atoms with Crippen LogP contribution in [0.1, 0.15) is 19.3 Å². The van der Waals surface area contributed by atoms with Gasteiger partial charge in [-0.25, -0.2) is 0 Å². The summed E-state index contributed by atoms with van der Waals surface area (Å²) in [5.74, 6) is -1.35. The fourth-order valence-corrected chi connectivity index (χ4v) is 1.57. The third-order valence-electron chi connectivity index (χ3n) is 2.72. The van der Waals surface area contributed by atoms with Gasteiger partial charge in [0.1, 0.15) is 0 Å². The maximum Gasteiger partial charge on any atom is 0.310 e. The molecule has 14 heavy (non-hydrogen) atoms. The highest BCUT2D eigenvalue weighted by atomic mass is 16.4. The Morgan fingerprint density at radius 3 is 2.93 bits per heavy atom. The van der Waals surface area contributed by atoms with Gasteiger partial charge < -0.3 is 5.11 Å². The zero-order valence-corrected chi connectivity index (χ0v) is 7.60. The normalized spacial score (nSPS) is 27.6. The Kier molecular flexibility index (Phi) is 1.88. The van der Waals surface area contributed by atoms with Crippen LogP contribution in [-0.4, -0.2) is 17.3 Å². The van der Waals surface area contributed by atoms with Gasteiger partial charge in [0.25, 0.3) is 0 Å². The Labute approximate surface area is 81.6 Å². The summed E-state index contributed by atoms with van der Waals surface area (Å²) in [5.41, 5.74) is 0.184. The molecule has 2 aliphatic rings. The van der Waals surface area contributed by atoms with Crippen LogP contribution in [0.5, 0.6) is 0 Å². The van der Waals surface area contributed by atoms with Crippen LogP contribution in [-0.2, 0) is 4.79 Å². The molecular weight excluding hydrogens is 180 g/mol. The fourth-order valence-electron chi connectivity index (χ4n) is 1.57. The van der Waals surface area contributed by atoms with E-state index >= 15 is 0 Å². The van der Waals surface area contributed by atoms with Crippen LogP contribution in [0.15, 0.2) is 16.8 Å². The summed E-state index contributed by atoms with van der Waals surface area (Å²) in [6.07, 6.45) is 5.27. The zero-order chi connectivity index (χ0) is 10.2. The molecule has 0 amide bonds. The van der Waals surface area contributed by atoms with Crippen molar-refractivity contribution in [2.45, 2.75) is 19.3 Å². The van der Waals surface area contributed by atoms with E-state index in [1.54, 1.807) is 12.3 Å². The Bertz CT molecular complexity index is 372. The molecule has 1 fully saturated rings. The summed E-state index contributed by atoms with van der Waals surface area (Å²) in [4.78, 5) is 14.9. The number of aliphatic imine (C=N–C) groups is 1. The molecule has 1 atom stereocenters. The summed E-state index contributed by atoms with van der Waals surface area (Å²) in [6, 6.07) is 2.21. The molecule has 0 aromatic carbocycles. The van der Waals surface area contributed by atoms with Crippen molar-refractivity contribution in [3.63, 3.8) is 0 Å². The molecule has 0 aromatic rings. The first-order chi connectivity index (χ1) is 6.68. The number of aliphatic carboxylic acids is 1. The number of carbonyl (C=O) groups is 1. The minimum Gasteiger partial charge on any atom is -0.481 e. The lowest BCUT2D eigenvalue weighted by Crippen LogP contribution is -2.17. The molecule has 0 radical (unpaired) electrons. The van der Waals surface area contributed by atoms with E-state index in [2.05, 4.69) is 11.1 Å². The Hall–Kier alpha value is -1.63. The van der Waals surface area contributed by atoms with Gasteiger partial charge in [-0.05, 0) is 25.3 Å². The monoisotopic (exact) mass is 190 g/mol. The second kappa shape index (κ2) is 2.95. The molecule has 1 N–H and O–H groups in total. The van der Waals surface area contributed by atoms with Crippen LogP contribution < -0.4 is 0 Å². The Morgan fingerprint density at radius 1 is 1.71 bits per heavy atom. The predicted molar refractivity (Wildman–Crippen MR) is 49.6 cm³/mol. The van der Waals surface area contributed by atoms with Gasteiger partial charge in [0.15, 0.2) is 0 Å². The van der Waals surface area contributed by atoms with Crippen LogP contribution in [0, 0.1) is 22.7 Å². The van der Waals surface area contributed by atoms with Crippen molar-refractivity contribution in [3.05, 3.63) is 11.8 Å². The molecule has 1 saturated carbocycles. The van der Waals surface area contributed by atoms with Crippen molar-refractivity contribution < 1.29 is 9.90 Å². The lowest BCUT2D eigenvalue weighted by atomic mass is 9.95. The second-order valence-electron chi connectivity index (χ2n) is 3.74. The smallest absolute Gasteiger partial charge is 0.310 e. The molecule has 2 rings (SSSR count). The molecule has 0 aromatic heterocycles. The van der Waals surface area contributed by atoms with E-state index in [9.17, 15) is 4.79 Å². The average molecular weight is 190 g/mol. The molecule has 0 spiro atoms. The standard InChI is InChI=1S/C10H10N2O2/c11-6-10(2-3-10)8-5-7(9(13)14)1-4-12-8/h4-5,7H,1-3H2,(H,13,14). The van der Waals surface area contributed by atoms with E-state index in [1.807, 2.05) is 0 Å².